The third kappa shape index (κ3) is 1.82. The fourth-order valence-corrected chi connectivity index (χ4v) is 7.14. The van der Waals surface area contributed by atoms with Gasteiger partial charge in [-0.1, -0.05) is 48.5 Å². The van der Waals surface area contributed by atoms with Crippen LogP contribution in [0.4, 0.5) is 5.69 Å². The van der Waals surface area contributed by atoms with E-state index in [4.69, 9.17) is 4.11 Å². The third-order valence-corrected chi connectivity index (χ3v) is 8.33. The van der Waals surface area contributed by atoms with E-state index in [9.17, 15) is 9.59 Å². The number of para-hydroxylation sites is 1. The zero-order chi connectivity index (χ0) is 23.2. The highest BCUT2D eigenvalue weighted by Crippen LogP contribution is 2.67. The minimum Gasteiger partial charge on any atom is -0.313 e. The van der Waals surface area contributed by atoms with Gasteiger partial charge >= 0.3 is 0 Å². The lowest BCUT2D eigenvalue weighted by Gasteiger charge is -2.43. The number of hydrogen-bond donors (Lipinski definition) is 0. The summed E-state index contributed by atoms with van der Waals surface area (Å²) in [5.41, 5.74) is -0.0208. The number of anilines is 1. The minimum atomic E-state index is -2.66. The lowest BCUT2D eigenvalue weighted by Crippen LogP contribution is -2.59. The summed E-state index contributed by atoms with van der Waals surface area (Å²) in [6, 6.07) is 18.6. The Bertz CT molecular complexity index is 1300. The van der Waals surface area contributed by atoms with Crippen molar-refractivity contribution in [3.8, 4) is 0 Å². The van der Waals surface area contributed by atoms with Crippen LogP contribution in [0.3, 0.4) is 0 Å². The van der Waals surface area contributed by atoms with E-state index in [1.165, 1.54) is 0 Å². The number of fused-ring (bicyclic) bond motifs is 4. The van der Waals surface area contributed by atoms with Gasteiger partial charge in [0.15, 0.2) is 5.78 Å². The van der Waals surface area contributed by atoms with Crippen molar-refractivity contribution in [2.75, 3.05) is 25.5 Å². The van der Waals surface area contributed by atoms with Crippen molar-refractivity contribution in [2.45, 2.75) is 17.9 Å². The van der Waals surface area contributed by atoms with E-state index < -0.39 is 23.8 Å². The number of carbonyl (C=O) groups is 2. The van der Waals surface area contributed by atoms with Crippen molar-refractivity contribution >= 4 is 28.7 Å². The van der Waals surface area contributed by atoms with E-state index in [1.54, 1.807) is 23.5 Å². The number of carbonyl (C=O) groups excluding carboxylic acids is 2. The van der Waals surface area contributed by atoms with Gasteiger partial charge in [-0.3, -0.25) is 14.5 Å². The molecule has 1 saturated heterocycles. The minimum absolute atomic E-state index is 0.0728. The third-order valence-electron chi connectivity index (χ3n) is 7.34. The molecule has 150 valence electrons. The van der Waals surface area contributed by atoms with Gasteiger partial charge in [0.25, 0.3) is 5.91 Å². The second-order valence-electron chi connectivity index (χ2n) is 8.45. The Labute approximate surface area is 184 Å². The molecule has 6 rings (SSSR count). The van der Waals surface area contributed by atoms with Gasteiger partial charge in [-0.2, -0.15) is 0 Å². The van der Waals surface area contributed by atoms with Crippen LogP contribution in [0, 0.1) is 5.41 Å². The number of nitrogens with zero attached hydrogens (tertiary/aromatic N) is 2. The highest BCUT2D eigenvalue weighted by molar-refractivity contribution is 7.10. The van der Waals surface area contributed by atoms with Crippen molar-refractivity contribution in [2.24, 2.45) is 5.41 Å². The number of hydrogen-bond acceptors (Lipinski definition) is 4. The molecule has 3 heterocycles. The highest BCUT2D eigenvalue weighted by Gasteiger charge is 2.75. The van der Waals surface area contributed by atoms with Gasteiger partial charge < -0.3 is 4.90 Å². The number of likely N-dealkylation sites (N-methyl/N-ethyl adjacent to an activating group) is 2. The first-order chi connectivity index (χ1) is 15.7. The topological polar surface area (TPSA) is 40.6 Å². The summed E-state index contributed by atoms with van der Waals surface area (Å²) in [5, 5.41) is 1.99. The molecule has 2 spiro atoms. The van der Waals surface area contributed by atoms with Crippen molar-refractivity contribution in [1.82, 2.24) is 4.90 Å². The average molecular weight is 421 g/mol. The summed E-state index contributed by atoms with van der Waals surface area (Å²) in [5.74, 6) is -0.848. The number of thiophene rings is 1. The fraction of sp³-hybridized carbons (Fsp3) is 0.280. The second kappa shape index (κ2) is 5.90. The molecule has 1 fully saturated rings. The summed E-state index contributed by atoms with van der Waals surface area (Å²) in [6.07, 6.45) is 0.393. The Hall–Kier alpha value is -2.76. The van der Waals surface area contributed by atoms with Gasteiger partial charge in [-0.25, -0.2) is 0 Å². The molecule has 4 nitrogen and oxygen atoms in total. The quantitative estimate of drug-likeness (QED) is 0.596. The first-order valence-electron chi connectivity index (χ1n) is 11.6. The largest absolute Gasteiger partial charge is 0.313 e. The van der Waals surface area contributed by atoms with Gasteiger partial charge in [-0.15, -0.1) is 11.3 Å². The second-order valence-corrected chi connectivity index (χ2v) is 9.43. The zero-order valence-corrected chi connectivity index (χ0v) is 17.3. The number of ketones is 1. The molecule has 1 aromatic heterocycles. The van der Waals surface area contributed by atoms with Crippen LogP contribution in [0.25, 0.3) is 0 Å². The predicted molar refractivity (Wildman–Crippen MR) is 118 cm³/mol. The number of rotatable bonds is 1. The standard InChI is InChI=1S/C25H22N2O2S/c1-26-15-19(21-12-7-13-30-21)24(14-16-8-3-4-9-17(16)22(24)28)25(26)18-10-5-6-11-20(18)27(2)23(25)29/h3-13,19H,14-15H2,1-2H3/t19-,24+,25+/m0/s1/i2T3. The van der Waals surface area contributed by atoms with Crippen LogP contribution in [0.1, 0.15) is 36.4 Å². The first kappa shape index (κ1) is 15.1. The molecule has 5 heteroatoms. The molecule has 30 heavy (non-hydrogen) atoms. The number of benzene rings is 2. The number of Topliss-reactive ketones (excluding diaryl/α,β-unsaturated/α-hetero) is 1. The highest BCUT2D eigenvalue weighted by atomic mass is 32.1. The van der Waals surface area contributed by atoms with E-state index >= 15 is 0 Å². The Kier molecular flexibility index (Phi) is 2.97. The van der Waals surface area contributed by atoms with E-state index in [-0.39, 0.29) is 11.7 Å². The molecule has 3 atom stereocenters. The van der Waals surface area contributed by atoms with Crippen molar-refractivity contribution < 1.29 is 13.7 Å². The average Bonchev–Trinajstić information content (AvgIpc) is 3.51. The zero-order valence-electron chi connectivity index (χ0n) is 19.5. The molecule has 1 aliphatic carbocycles. The molecule has 3 aliphatic rings. The Balaban J connectivity index is 1.70. The molecule has 0 bridgehead atoms. The summed E-state index contributed by atoms with van der Waals surface area (Å²) < 4.78 is 24.5. The van der Waals surface area contributed by atoms with Gasteiger partial charge in [0.2, 0.25) is 0 Å². The maximum Gasteiger partial charge on any atom is 0.253 e. The maximum atomic E-state index is 14.4. The first-order valence-corrected chi connectivity index (χ1v) is 10.9. The van der Waals surface area contributed by atoms with Gasteiger partial charge in [-0.05, 0) is 36.5 Å². The van der Waals surface area contributed by atoms with E-state index in [0.717, 1.165) is 15.3 Å². The molecular formula is C25H22N2O2S. The molecule has 1 amide bonds. The van der Waals surface area contributed by atoms with Crippen LogP contribution >= 0.6 is 11.3 Å². The molecule has 0 saturated carbocycles. The molecule has 2 aliphatic heterocycles. The van der Waals surface area contributed by atoms with Crippen LogP contribution in [0.2, 0.25) is 0 Å². The SMILES string of the molecule is [3H]C([3H])([3H])N1C(=O)[C@@]2(c3ccccc31)N(C)C[C@@H](c1cccs1)[C@@]21Cc2ccccc2C1=O. The number of likely N-dealkylation sites (tertiary alicyclic amines) is 1. The van der Waals surface area contributed by atoms with Gasteiger partial charge in [0, 0.05) is 45.2 Å². The Morgan fingerprint density at radius 2 is 1.87 bits per heavy atom. The molecule has 0 N–H and O–H groups in total. The van der Waals surface area contributed by atoms with Crippen LogP contribution < -0.4 is 4.90 Å². The van der Waals surface area contributed by atoms with E-state index in [2.05, 4.69) is 0 Å². The number of amides is 1. The summed E-state index contributed by atoms with van der Waals surface area (Å²) in [6.45, 7) is -2.18. The maximum absolute atomic E-state index is 14.4. The van der Waals surface area contributed by atoms with Crippen LogP contribution in [0.15, 0.2) is 66.0 Å². The van der Waals surface area contributed by atoms with Crippen LogP contribution in [0.5, 0.6) is 0 Å². The van der Waals surface area contributed by atoms with Crippen molar-refractivity contribution in [3.05, 3.63) is 87.6 Å². The normalized spacial score (nSPS) is 31.8. The van der Waals surface area contributed by atoms with Crippen LogP contribution in [-0.2, 0) is 16.8 Å². The van der Waals surface area contributed by atoms with E-state index in [0.29, 0.717) is 29.8 Å². The predicted octanol–water partition coefficient (Wildman–Crippen LogP) is 4.07. The van der Waals surface area contributed by atoms with Crippen molar-refractivity contribution in [1.29, 1.82) is 0 Å². The monoisotopic (exact) mass is 420 g/mol. The molecule has 2 aromatic carbocycles. The molecular weight excluding hydrogens is 392 g/mol. The summed E-state index contributed by atoms with van der Waals surface area (Å²) in [4.78, 5) is 32.7. The lowest BCUT2D eigenvalue weighted by atomic mass is 9.60. The summed E-state index contributed by atoms with van der Waals surface area (Å²) >= 11 is 1.58. The Morgan fingerprint density at radius 3 is 2.63 bits per heavy atom. The van der Waals surface area contributed by atoms with Gasteiger partial charge in [0.1, 0.15) is 5.54 Å². The Morgan fingerprint density at radius 1 is 1.07 bits per heavy atom. The van der Waals surface area contributed by atoms with E-state index in [1.807, 2.05) is 65.9 Å². The molecule has 3 aromatic rings. The smallest absolute Gasteiger partial charge is 0.253 e. The fourth-order valence-electron chi connectivity index (χ4n) is 6.23. The van der Waals surface area contributed by atoms with Crippen molar-refractivity contribution in [3.63, 3.8) is 0 Å². The lowest BCUT2D eigenvalue weighted by molar-refractivity contribution is -0.132. The van der Waals surface area contributed by atoms with Gasteiger partial charge in [0.05, 0.1) is 5.41 Å². The molecule has 0 radical (unpaired) electrons. The van der Waals surface area contributed by atoms with Crippen LogP contribution in [-0.4, -0.2) is 37.2 Å². The summed E-state index contributed by atoms with van der Waals surface area (Å²) in [7, 11) is 1.85. The molecule has 0 unspecified atom stereocenters.